The van der Waals surface area contributed by atoms with Crippen LogP contribution in [0.2, 0.25) is 0 Å². The number of carbonyl (C=O) groups excluding carboxylic acids is 1. The molecule has 24 heavy (non-hydrogen) atoms. The van der Waals surface area contributed by atoms with Gasteiger partial charge in [-0.25, -0.2) is 0 Å². The Morgan fingerprint density at radius 2 is 1.83 bits per heavy atom. The van der Waals surface area contributed by atoms with Gasteiger partial charge in [-0.2, -0.15) is 0 Å². The second kappa shape index (κ2) is 4.96. The van der Waals surface area contributed by atoms with Gasteiger partial charge in [0.05, 0.1) is 5.69 Å². The number of fused-ring (bicyclic) bond motifs is 3. The molecule has 2 N–H and O–H groups in total. The zero-order valence-corrected chi connectivity index (χ0v) is 15.1. The fourth-order valence-corrected chi connectivity index (χ4v) is 5.28. The number of nitrogen functional groups attached to an aromatic ring is 1. The van der Waals surface area contributed by atoms with Crippen LogP contribution in [0.1, 0.15) is 35.2 Å². The lowest BCUT2D eigenvalue weighted by Gasteiger charge is -2.54. The molecule has 2 aromatic rings. The van der Waals surface area contributed by atoms with E-state index in [4.69, 9.17) is 5.73 Å². The topological polar surface area (TPSA) is 49.6 Å². The van der Waals surface area contributed by atoms with Crippen molar-refractivity contribution in [2.45, 2.75) is 31.3 Å². The molecule has 6 rings (SSSR count). The Balaban J connectivity index is 1.68. The first-order chi connectivity index (χ1) is 11.6. The third-order valence-electron chi connectivity index (χ3n) is 6.30. The Labute approximate surface area is 149 Å². The number of hydrogen-bond acceptors (Lipinski definition) is 3. The number of piperidine rings is 3. The maximum absolute atomic E-state index is 13.4. The summed E-state index contributed by atoms with van der Waals surface area (Å²) in [5, 5.41) is 2.03. The predicted molar refractivity (Wildman–Crippen MR) is 99.0 cm³/mol. The summed E-state index contributed by atoms with van der Waals surface area (Å²) in [4.78, 5) is 18.1. The molecule has 4 aliphatic rings. The van der Waals surface area contributed by atoms with Crippen molar-refractivity contribution in [2.24, 2.45) is 0 Å². The SMILES string of the molecule is Nc1c(Br)cc2c3c(cccc13)CN(C13CCN(CC1)CC3)C2=O. The van der Waals surface area contributed by atoms with Gasteiger partial charge in [0.25, 0.3) is 5.91 Å². The summed E-state index contributed by atoms with van der Waals surface area (Å²) in [5.41, 5.74) is 9.03. The quantitative estimate of drug-likeness (QED) is 0.765. The minimum Gasteiger partial charge on any atom is -0.397 e. The van der Waals surface area contributed by atoms with Crippen LogP contribution in [-0.2, 0) is 6.54 Å². The zero-order valence-electron chi connectivity index (χ0n) is 13.5. The van der Waals surface area contributed by atoms with E-state index in [-0.39, 0.29) is 11.4 Å². The highest BCUT2D eigenvalue weighted by Gasteiger charge is 2.47. The summed E-state index contributed by atoms with van der Waals surface area (Å²) >= 11 is 3.54. The van der Waals surface area contributed by atoms with Crippen LogP contribution < -0.4 is 5.73 Å². The largest absolute Gasteiger partial charge is 0.397 e. The molecule has 4 heterocycles. The first kappa shape index (κ1) is 14.7. The van der Waals surface area contributed by atoms with Gasteiger partial charge >= 0.3 is 0 Å². The molecular formula is C19H20BrN3O. The molecule has 5 heteroatoms. The summed E-state index contributed by atoms with van der Waals surface area (Å²) in [7, 11) is 0. The molecule has 2 aromatic carbocycles. The summed E-state index contributed by atoms with van der Waals surface area (Å²) in [5.74, 6) is 0.176. The molecule has 0 spiro atoms. The molecule has 3 fully saturated rings. The second-order valence-electron chi connectivity index (χ2n) is 7.37. The molecule has 0 saturated carbocycles. The van der Waals surface area contributed by atoms with Crippen molar-refractivity contribution in [1.82, 2.24) is 9.80 Å². The van der Waals surface area contributed by atoms with E-state index < -0.39 is 0 Å². The summed E-state index contributed by atoms with van der Waals surface area (Å²) < 4.78 is 0.813. The van der Waals surface area contributed by atoms with E-state index in [1.165, 1.54) is 5.56 Å². The van der Waals surface area contributed by atoms with Crippen LogP contribution in [0.25, 0.3) is 10.8 Å². The third kappa shape index (κ3) is 1.85. The van der Waals surface area contributed by atoms with Crippen molar-refractivity contribution in [3.63, 3.8) is 0 Å². The smallest absolute Gasteiger partial charge is 0.255 e. The van der Waals surface area contributed by atoms with Gasteiger partial charge in [0, 0.05) is 52.5 Å². The molecular weight excluding hydrogens is 366 g/mol. The van der Waals surface area contributed by atoms with Crippen LogP contribution in [-0.4, -0.2) is 40.9 Å². The first-order valence-corrected chi connectivity index (χ1v) is 9.42. The zero-order chi connectivity index (χ0) is 16.5. The van der Waals surface area contributed by atoms with Crippen LogP contribution >= 0.6 is 15.9 Å². The standard InChI is InChI=1S/C19H20BrN3O/c20-15-10-14-16-12(2-1-3-13(16)17(15)21)11-23(18(14)24)19-4-7-22(8-5-19)9-6-19/h1-3,10H,4-9,11,21H2. The first-order valence-electron chi connectivity index (χ1n) is 8.63. The lowest BCUT2D eigenvalue weighted by Crippen LogP contribution is -2.62. The fourth-order valence-electron chi connectivity index (χ4n) is 4.83. The Kier molecular flexibility index (Phi) is 3.04. The molecule has 0 aliphatic carbocycles. The van der Waals surface area contributed by atoms with Crippen molar-refractivity contribution in [3.8, 4) is 0 Å². The number of amides is 1. The molecule has 0 radical (unpaired) electrons. The maximum atomic E-state index is 13.4. The number of nitrogens with two attached hydrogens (primary N) is 1. The predicted octanol–water partition coefficient (Wildman–Crippen LogP) is 3.38. The number of benzene rings is 2. The van der Waals surface area contributed by atoms with Crippen molar-refractivity contribution in [3.05, 3.63) is 39.9 Å². The van der Waals surface area contributed by atoms with Gasteiger partial charge in [-0.05, 0) is 46.8 Å². The van der Waals surface area contributed by atoms with Gasteiger partial charge in [-0.1, -0.05) is 18.2 Å². The molecule has 0 aromatic heterocycles. The number of anilines is 1. The highest BCUT2D eigenvalue weighted by atomic mass is 79.9. The van der Waals surface area contributed by atoms with Gasteiger partial charge in [0.15, 0.2) is 0 Å². The number of nitrogens with zero attached hydrogens (tertiary/aromatic N) is 2. The Morgan fingerprint density at radius 3 is 2.54 bits per heavy atom. The molecule has 0 atom stereocenters. The van der Waals surface area contributed by atoms with E-state index in [1.807, 2.05) is 12.1 Å². The van der Waals surface area contributed by atoms with Crippen LogP contribution in [0.15, 0.2) is 28.7 Å². The molecule has 2 bridgehead atoms. The lowest BCUT2D eigenvalue weighted by atomic mass is 9.76. The third-order valence-corrected chi connectivity index (χ3v) is 6.95. The van der Waals surface area contributed by atoms with E-state index in [9.17, 15) is 4.79 Å². The Bertz CT molecular complexity index is 857. The van der Waals surface area contributed by atoms with E-state index in [0.29, 0.717) is 6.54 Å². The van der Waals surface area contributed by atoms with Gasteiger partial charge in [0.2, 0.25) is 0 Å². The van der Waals surface area contributed by atoms with E-state index in [0.717, 1.165) is 65.4 Å². The van der Waals surface area contributed by atoms with E-state index in [2.05, 4.69) is 37.9 Å². The van der Waals surface area contributed by atoms with Gasteiger partial charge in [-0.15, -0.1) is 0 Å². The van der Waals surface area contributed by atoms with Gasteiger partial charge in [0.1, 0.15) is 0 Å². The number of halogens is 1. The Morgan fingerprint density at radius 1 is 1.12 bits per heavy atom. The number of carbonyl (C=O) groups is 1. The van der Waals surface area contributed by atoms with Crippen LogP contribution in [0.4, 0.5) is 5.69 Å². The van der Waals surface area contributed by atoms with Crippen molar-refractivity contribution in [2.75, 3.05) is 25.4 Å². The van der Waals surface area contributed by atoms with E-state index >= 15 is 0 Å². The van der Waals surface area contributed by atoms with Gasteiger partial charge < -0.3 is 15.5 Å². The second-order valence-corrected chi connectivity index (χ2v) is 8.22. The summed E-state index contributed by atoms with van der Waals surface area (Å²) in [6.07, 6.45) is 3.29. The van der Waals surface area contributed by atoms with Gasteiger partial charge in [-0.3, -0.25) is 4.79 Å². The average molecular weight is 386 g/mol. The van der Waals surface area contributed by atoms with Crippen LogP contribution in [0, 0.1) is 0 Å². The summed E-state index contributed by atoms with van der Waals surface area (Å²) in [6, 6.07) is 8.14. The minimum absolute atomic E-state index is 0.0412. The molecule has 1 amide bonds. The maximum Gasteiger partial charge on any atom is 0.255 e. The summed E-state index contributed by atoms with van der Waals surface area (Å²) in [6.45, 7) is 4.06. The monoisotopic (exact) mass is 385 g/mol. The van der Waals surface area contributed by atoms with Crippen molar-refractivity contribution >= 4 is 38.3 Å². The van der Waals surface area contributed by atoms with Crippen LogP contribution in [0.5, 0.6) is 0 Å². The molecule has 0 unspecified atom stereocenters. The lowest BCUT2D eigenvalue weighted by molar-refractivity contribution is -0.0249. The molecule has 4 nitrogen and oxygen atoms in total. The normalized spacial score (nSPS) is 28.6. The highest BCUT2D eigenvalue weighted by molar-refractivity contribution is 9.10. The molecule has 4 aliphatic heterocycles. The number of hydrogen-bond donors (Lipinski definition) is 1. The fraction of sp³-hybridized carbons (Fsp3) is 0.421. The van der Waals surface area contributed by atoms with Crippen LogP contribution in [0.3, 0.4) is 0 Å². The number of rotatable bonds is 1. The highest BCUT2D eigenvalue weighted by Crippen LogP contribution is 2.44. The van der Waals surface area contributed by atoms with E-state index in [1.54, 1.807) is 0 Å². The minimum atomic E-state index is 0.0412. The Hall–Kier alpha value is -1.59. The van der Waals surface area contributed by atoms with Crippen molar-refractivity contribution < 1.29 is 4.79 Å². The average Bonchev–Trinajstić information content (AvgIpc) is 2.63. The molecule has 124 valence electrons. The molecule has 3 saturated heterocycles. The van der Waals surface area contributed by atoms with Crippen molar-refractivity contribution in [1.29, 1.82) is 0 Å².